The molecule has 1 amide bonds. The van der Waals surface area contributed by atoms with Crippen molar-refractivity contribution in [1.82, 2.24) is 9.71 Å². The molecule has 2 aromatic rings. The van der Waals surface area contributed by atoms with Crippen LogP contribution in [0.2, 0.25) is 0 Å². The molecule has 0 aliphatic carbocycles. The number of nitrogens with zero attached hydrogens (tertiary/aromatic N) is 1. The number of benzene rings is 1. The van der Waals surface area contributed by atoms with Gasteiger partial charge in [0.2, 0.25) is 10.0 Å². The van der Waals surface area contributed by atoms with E-state index in [1.54, 1.807) is 0 Å². The van der Waals surface area contributed by atoms with Crippen LogP contribution in [-0.4, -0.2) is 36.1 Å². The number of rotatable bonds is 8. The molecule has 0 spiro atoms. The number of halogens is 3. The molecule has 0 bridgehead atoms. The molecule has 2 rings (SSSR count). The van der Waals surface area contributed by atoms with Crippen molar-refractivity contribution in [1.29, 1.82) is 0 Å². The van der Waals surface area contributed by atoms with Gasteiger partial charge in [-0.15, -0.1) is 0 Å². The van der Waals surface area contributed by atoms with Gasteiger partial charge in [-0.1, -0.05) is 18.2 Å². The minimum Gasteiger partial charge on any atom is -0.396 e. The third-order valence-electron chi connectivity index (χ3n) is 4.07. The summed E-state index contributed by atoms with van der Waals surface area (Å²) < 4.78 is 66.3. The highest BCUT2D eigenvalue weighted by atomic mass is 32.2. The van der Waals surface area contributed by atoms with Crippen LogP contribution in [-0.2, 0) is 22.8 Å². The average Bonchev–Trinajstić information content (AvgIpc) is 2.67. The largest absolute Gasteiger partial charge is 0.416 e. The lowest BCUT2D eigenvalue weighted by atomic mass is 10.0. The Hall–Kier alpha value is -2.50. The Morgan fingerprint density at radius 1 is 1.17 bits per heavy atom. The number of aliphatic hydroxyl groups is 2. The highest BCUT2D eigenvalue weighted by Gasteiger charge is 2.34. The number of hydrogen-bond donors (Lipinski definition) is 3. The molecule has 0 aliphatic rings. The first kappa shape index (κ1) is 22.8. The molecule has 11 heteroatoms. The van der Waals surface area contributed by atoms with Crippen molar-refractivity contribution < 1.29 is 36.6 Å². The molecule has 1 atom stereocenters. The molecule has 0 aliphatic heterocycles. The fourth-order valence-corrected chi connectivity index (χ4v) is 4.10. The Labute approximate surface area is 165 Å². The predicted molar refractivity (Wildman–Crippen MR) is 97.1 cm³/mol. The minimum absolute atomic E-state index is 0.00274. The van der Waals surface area contributed by atoms with Gasteiger partial charge in [-0.3, -0.25) is 9.78 Å². The molecule has 1 heterocycles. The summed E-state index contributed by atoms with van der Waals surface area (Å²) in [5.41, 5.74) is -0.999. The predicted octanol–water partition coefficient (Wildman–Crippen LogP) is 2.17. The summed E-state index contributed by atoms with van der Waals surface area (Å²) in [4.78, 5) is 16.0. The van der Waals surface area contributed by atoms with E-state index in [2.05, 4.69) is 4.98 Å². The third kappa shape index (κ3) is 5.99. The summed E-state index contributed by atoms with van der Waals surface area (Å²) >= 11 is 0. The van der Waals surface area contributed by atoms with Gasteiger partial charge in [0.1, 0.15) is 5.25 Å². The van der Waals surface area contributed by atoms with Crippen LogP contribution >= 0.6 is 0 Å². The van der Waals surface area contributed by atoms with Crippen molar-refractivity contribution in [3.8, 4) is 0 Å². The normalized spacial score (nSPS) is 13.1. The molecule has 29 heavy (non-hydrogen) atoms. The number of sulfonamides is 1. The zero-order valence-corrected chi connectivity index (χ0v) is 15.9. The number of alkyl halides is 3. The first-order valence-electron chi connectivity index (χ1n) is 8.48. The fourth-order valence-electron chi connectivity index (χ4n) is 2.60. The van der Waals surface area contributed by atoms with Gasteiger partial charge in [-0.05, 0) is 36.6 Å². The second kappa shape index (κ2) is 9.33. The lowest BCUT2D eigenvalue weighted by molar-refractivity contribution is -0.137. The molecular formula is C18H19F3N2O5S. The van der Waals surface area contributed by atoms with E-state index in [-0.39, 0.29) is 42.9 Å². The van der Waals surface area contributed by atoms with Gasteiger partial charge in [0.25, 0.3) is 5.91 Å². The molecule has 0 fully saturated rings. The van der Waals surface area contributed by atoms with Crippen molar-refractivity contribution in [2.45, 2.75) is 30.9 Å². The van der Waals surface area contributed by atoms with Crippen LogP contribution in [0.15, 0.2) is 42.6 Å². The summed E-state index contributed by atoms with van der Waals surface area (Å²) in [7, 11) is -4.43. The summed E-state index contributed by atoms with van der Waals surface area (Å²) in [6, 6.07) is 6.42. The lowest BCUT2D eigenvalue weighted by Gasteiger charge is -2.19. The van der Waals surface area contributed by atoms with Crippen LogP contribution in [0.25, 0.3) is 0 Å². The second-order valence-corrected chi connectivity index (χ2v) is 8.01. The van der Waals surface area contributed by atoms with Gasteiger partial charge in [-0.25, -0.2) is 13.1 Å². The van der Waals surface area contributed by atoms with Crippen molar-refractivity contribution >= 4 is 15.9 Å². The zero-order valence-electron chi connectivity index (χ0n) is 15.1. The van der Waals surface area contributed by atoms with Gasteiger partial charge >= 0.3 is 6.18 Å². The third-order valence-corrected chi connectivity index (χ3v) is 5.80. The maximum Gasteiger partial charge on any atom is 0.416 e. The van der Waals surface area contributed by atoms with Crippen molar-refractivity contribution in [3.05, 3.63) is 65.0 Å². The van der Waals surface area contributed by atoms with E-state index >= 15 is 0 Å². The van der Waals surface area contributed by atoms with E-state index < -0.39 is 32.9 Å². The molecule has 7 nitrogen and oxygen atoms in total. The van der Waals surface area contributed by atoms with Crippen LogP contribution in [0, 0.1) is 0 Å². The molecule has 0 saturated heterocycles. The summed E-state index contributed by atoms with van der Waals surface area (Å²) in [6.07, 6.45) is -3.78. The Morgan fingerprint density at radius 3 is 2.45 bits per heavy atom. The second-order valence-electron chi connectivity index (χ2n) is 6.15. The maximum atomic E-state index is 13.0. The smallest absolute Gasteiger partial charge is 0.396 e. The first-order valence-corrected chi connectivity index (χ1v) is 10.0. The first-order chi connectivity index (χ1) is 13.6. The lowest BCUT2D eigenvalue weighted by Crippen LogP contribution is -2.34. The summed E-state index contributed by atoms with van der Waals surface area (Å²) in [5.74, 6) is -1.01. The number of carbonyl (C=O) groups excluding carboxylic acids is 1. The number of hydrogen-bond acceptors (Lipinski definition) is 6. The van der Waals surface area contributed by atoms with Crippen molar-refractivity contribution in [2.75, 3.05) is 6.61 Å². The Kier molecular flexibility index (Phi) is 7.33. The number of carbonyl (C=O) groups is 1. The molecule has 3 N–H and O–H groups in total. The van der Waals surface area contributed by atoms with Crippen LogP contribution in [0.5, 0.6) is 0 Å². The standard InChI is InChI=1S/C18H19F3N2O5S/c19-18(20,21)14-4-1-3-12(9-14)16(5-2-8-24)29(27,28)23-17(26)13-6-7-15(11-25)22-10-13/h1,3-4,6-7,9-10,16,24-25H,2,5,8,11H2,(H,23,26). The molecule has 0 saturated carbocycles. The highest BCUT2D eigenvalue weighted by Crippen LogP contribution is 2.33. The van der Waals surface area contributed by atoms with E-state index in [4.69, 9.17) is 10.2 Å². The van der Waals surface area contributed by atoms with Gasteiger partial charge < -0.3 is 10.2 Å². The molecule has 1 unspecified atom stereocenters. The van der Waals surface area contributed by atoms with E-state index in [1.165, 1.54) is 18.2 Å². The van der Waals surface area contributed by atoms with Crippen LogP contribution in [0.1, 0.15) is 45.3 Å². The Balaban J connectivity index is 2.33. The average molecular weight is 432 g/mol. The van der Waals surface area contributed by atoms with Gasteiger partial charge in [0.15, 0.2) is 0 Å². The Morgan fingerprint density at radius 2 is 1.90 bits per heavy atom. The molecule has 1 aromatic carbocycles. The van der Waals surface area contributed by atoms with Crippen molar-refractivity contribution in [2.24, 2.45) is 0 Å². The van der Waals surface area contributed by atoms with E-state index in [9.17, 15) is 26.4 Å². The number of nitrogens with one attached hydrogen (secondary N) is 1. The molecule has 1 aromatic heterocycles. The van der Waals surface area contributed by atoms with E-state index in [0.717, 1.165) is 18.3 Å². The quantitative estimate of drug-likeness (QED) is 0.589. The van der Waals surface area contributed by atoms with Gasteiger partial charge in [0, 0.05) is 12.8 Å². The summed E-state index contributed by atoms with van der Waals surface area (Å²) in [5, 5.41) is 16.5. The minimum atomic E-state index is -4.66. The molecule has 158 valence electrons. The topological polar surface area (TPSA) is 117 Å². The number of aliphatic hydroxyl groups excluding tert-OH is 2. The van der Waals surface area contributed by atoms with Gasteiger partial charge in [0.05, 0.1) is 23.4 Å². The highest BCUT2D eigenvalue weighted by molar-refractivity contribution is 7.90. The number of pyridine rings is 1. The maximum absolute atomic E-state index is 13.0. The molecular weight excluding hydrogens is 413 g/mol. The van der Waals surface area contributed by atoms with E-state index in [0.29, 0.717) is 6.07 Å². The SMILES string of the molecule is O=C(NS(=O)(=O)C(CCCO)c1cccc(C(F)(F)F)c1)c1ccc(CO)nc1. The number of amides is 1. The number of aromatic nitrogens is 1. The van der Waals surface area contributed by atoms with E-state index in [1.807, 2.05) is 4.72 Å². The monoisotopic (exact) mass is 432 g/mol. The fraction of sp³-hybridized carbons (Fsp3) is 0.333. The van der Waals surface area contributed by atoms with Crippen LogP contribution < -0.4 is 4.72 Å². The zero-order chi connectivity index (χ0) is 21.7. The summed E-state index contributed by atoms with van der Waals surface area (Å²) in [6.45, 7) is -0.732. The van der Waals surface area contributed by atoms with Crippen LogP contribution in [0.3, 0.4) is 0 Å². The molecule has 0 radical (unpaired) electrons. The van der Waals surface area contributed by atoms with Crippen LogP contribution in [0.4, 0.5) is 13.2 Å². The van der Waals surface area contributed by atoms with Crippen molar-refractivity contribution in [3.63, 3.8) is 0 Å². The Bertz CT molecular complexity index is 947. The van der Waals surface area contributed by atoms with Gasteiger partial charge in [-0.2, -0.15) is 13.2 Å².